The fraction of sp³-hybridized carbons (Fsp3) is 0.138. The first-order chi connectivity index (χ1) is 17.0. The van der Waals surface area contributed by atoms with E-state index in [0.29, 0.717) is 17.4 Å². The van der Waals surface area contributed by atoms with Gasteiger partial charge in [-0.3, -0.25) is 10.1 Å². The lowest BCUT2D eigenvalue weighted by Crippen LogP contribution is -2.34. The highest BCUT2D eigenvalue weighted by Gasteiger charge is 2.13. The maximum atomic E-state index is 12.7. The predicted octanol–water partition coefficient (Wildman–Crippen LogP) is 7.29. The van der Waals surface area contributed by atoms with Gasteiger partial charge < -0.3 is 9.73 Å². The molecular formula is C29H25N3O2S. The highest BCUT2D eigenvalue weighted by molar-refractivity contribution is 7.80. The van der Waals surface area contributed by atoms with Gasteiger partial charge in [-0.05, 0) is 83.4 Å². The highest BCUT2D eigenvalue weighted by Crippen LogP contribution is 2.29. The number of carbonyl (C=O) groups excluding carboxylic acids is 1. The van der Waals surface area contributed by atoms with Gasteiger partial charge in [0.15, 0.2) is 10.7 Å². The van der Waals surface area contributed by atoms with Crippen LogP contribution in [0.3, 0.4) is 0 Å². The van der Waals surface area contributed by atoms with Crippen molar-refractivity contribution in [3.63, 3.8) is 0 Å². The number of anilines is 1. The van der Waals surface area contributed by atoms with E-state index in [-0.39, 0.29) is 11.0 Å². The molecule has 6 heteroatoms. The van der Waals surface area contributed by atoms with Crippen LogP contribution in [0.4, 0.5) is 5.69 Å². The first-order valence-corrected chi connectivity index (χ1v) is 12.0. The van der Waals surface area contributed by atoms with Crippen LogP contribution in [0.5, 0.6) is 0 Å². The summed E-state index contributed by atoms with van der Waals surface area (Å²) in [6.07, 6.45) is 1.07. The van der Waals surface area contributed by atoms with Gasteiger partial charge in [-0.25, -0.2) is 4.98 Å². The molecule has 4 aromatic carbocycles. The summed E-state index contributed by atoms with van der Waals surface area (Å²) in [5, 5.41) is 8.14. The maximum Gasteiger partial charge on any atom is 0.257 e. The SMILES string of the molecule is CCC(C)c1ccc2oc(-c3cccc(NC(=S)NC(=O)c4ccc5ccccc5c4)c3)nc2c1. The van der Waals surface area contributed by atoms with Gasteiger partial charge in [0.2, 0.25) is 5.89 Å². The standard InChI is InChI=1S/C29H25N3O2S/c1-3-18(2)20-13-14-26-25(17-20)31-28(34-26)23-9-6-10-24(16-23)30-29(35)32-27(33)22-12-11-19-7-4-5-8-21(19)15-22/h4-18H,3H2,1-2H3,(H2,30,32,33,35). The Labute approximate surface area is 209 Å². The number of aromatic nitrogens is 1. The van der Waals surface area contributed by atoms with Crippen LogP contribution in [0, 0.1) is 0 Å². The van der Waals surface area contributed by atoms with Crippen LogP contribution >= 0.6 is 12.2 Å². The van der Waals surface area contributed by atoms with Gasteiger partial charge in [0.05, 0.1) is 0 Å². The smallest absolute Gasteiger partial charge is 0.257 e. The minimum absolute atomic E-state index is 0.219. The molecular weight excluding hydrogens is 454 g/mol. The van der Waals surface area contributed by atoms with E-state index in [9.17, 15) is 4.79 Å². The minimum Gasteiger partial charge on any atom is -0.436 e. The molecule has 0 fully saturated rings. The molecule has 0 saturated heterocycles. The lowest BCUT2D eigenvalue weighted by molar-refractivity contribution is 0.0978. The van der Waals surface area contributed by atoms with Gasteiger partial charge in [0.1, 0.15) is 5.52 Å². The first kappa shape index (κ1) is 22.7. The summed E-state index contributed by atoms with van der Waals surface area (Å²) >= 11 is 5.39. The normalized spacial score (nSPS) is 11.9. The third kappa shape index (κ3) is 4.93. The van der Waals surface area contributed by atoms with Crippen LogP contribution in [0.25, 0.3) is 33.3 Å². The van der Waals surface area contributed by atoms with Crippen molar-refractivity contribution in [2.75, 3.05) is 5.32 Å². The molecule has 0 saturated carbocycles. The van der Waals surface area contributed by atoms with Crippen LogP contribution < -0.4 is 10.6 Å². The molecule has 0 aliphatic heterocycles. The summed E-state index contributed by atoms with van der Waals surface area (Å²) in [5.41, 5.74) is 4.94. The topological polar surface area (TPSA) is 67.2 Å². The molecule has 5 aromatic rings. The predicted molar refractivity (Wildman–Crippen MR) is 146 cm³/mol. The van der Waals surface area contributed by atoms with Crippen molar-refractivity contribution in [2.45, 2.75) is 26.2 Å². The van der Waals surface area contributed by atoms with Gasteiger partial charge in [-0.1, -0.05) is 56.3 Å². The fourth-order valence-corrected chi connectivity index (χ4v) is 4.22. The van der Waals surface area contributed by atoms with E-state index < -0.39 is 0 Å². The molecule has 5 rings (SSSR count). The molecule has 0 aliphatic rings. The molecule has 1 amide bonds. The molecule has 2 N–H and O–H groups in total. The monoisotopic (exact) mass is 479 g/mol. The lowest BCUT2D eigenvalue weighted by atomic mass is 9.98. The zero-order valence-electron chi connectivity index (χ0n) is 19.5. The van der Waals surface area contributed by atoms with Gasteiger partial charge in [-0.2, -0.15) is 0 Å². The Morgan fingerprint density at radius 3 is 2.63 bits per heavy atom. The molecule has 5 nitrogen and oxygen atoms in total. The second kappa shape index (κ2) is 9.68. The van der Waals surface area contributed by atoms with Crippen LogP contribution in [0.1, 0.15) is 42.1 Å². The van der Waals surface area contributed by atoms with Crippen LogP contribution in [0.2, 0.25) is 0 Å². The number of fused-ring (bicyclic) bond motifs is 2. The zero-order chi connectivity index (χ0) is 24.4. The molecule has 1 unspecified atom stereocenters. The number of oxazole rings is 1. The zero-order valence-corrected chi connectivity index (χ0v) is 20.4. The van der Waals surface area contributed by atoms with E-state index in [1.165, 1.54) is 5.56 Å². The first-order valence-electron chi connectivity index (χ1n) is 11.6. The number of thiocarbonyl (C=S) groups is 1. The second-order valence-corrected chi connectivity index (χ2v) is 9.01. The van der Waals surface area contributed by atoms with Crippen LogP contribution in [-0.2, 0) is 0 Å². The van der Waals surface area contributed by atoms with Crippen molar-refractivity contribution in [2.24, 2.45) is 0 Å². The number of hydrogen-bond acceptors (Lipinski definition) is 4. The van der Waals surface area contributed by atoms with Crippen molar-refractivity contribution >= 4 is 50.8 Å². The van der Waals surface area contributed by atoms with E-state index >= 15 is 0 Å². The molecule has 1 atom stereocenters. The molecule has 0 radical (unpaired) electrons. The molecule has 1 aromatic heterocycles. The number of hydrogen-bond donors (Lipinski definition) is 2. The Morgan fingerprint density at radius 1 is 0.971 bits per heavy atom. The van der Waals surface area contributed by atoms with Crippen LogP contribution in [-0.4, -0.2) is 16.0 Å². The van der Waals surface area contributed by atoms with E-state index in [2.05, 4.69) is 36.6 Å². The summed E-state index contributed by atoms with van der Waals surface area (Å²) in [6, 6.07) is 27.3. The molecule has 0 spiro atoms. The molecule has 0 aliphatic carbocycles. The third-order valence-electron chi connectivity index (χ3n) is 6.20. The van der Waals surface area contributed by atoms with Crippen LogP contribution in [0.15, 0.2) is 89.3 Å². The average molecular weight is 480 g/mol. The fourth-order valence-electron chi connectivity index (χ4n) is 4.01. The summed E-state index contributed by atoms with van der Waals surface area (Å²) in [6.45, 7) is 4.38. The number of carbonyl (C=O) groups is 1. The summed E-state index contributed by atoms with van der Waals surface area (Å²) in [5.74, 6) is 0.745. The van der Waals surface area contributed by atoms with E-state index in [4.69, 9.17) is 21.6 Å². The summed E-state index contributed by atoms with van der Waals surface area (Å²) < 4.78 is 6.00. The lowest BCUT2D eigenvalue weighted by Gasteiger charge is -2.10. The van der Waals surface area contributed by atoms with Gasteiger partial charge in [0.25, 0.3) is 5.91 Å². The van der Waals surface area contributed by atoms with Crippen molar-refractivity contribution in [3.8, 4) is 11.5 Å². The number of rotatable bonds is 5. The van der Waals surface area contributed by atoms with Gasteiger partial charge in [0, 0.05) is 16.8 Å². The van der Waals surface area contributed by atoms with Crippen molar-refractivity contribution < 1.29 is 9.21 Å². The largest absolute Gasteiger partial charge is 0.436 e. The Morgan fingerprint density at radius 2 is 1.80 bits per heavy atom. The van der Waals surface area contributed by atoms with Crippen molar-refractivity contribution in [3.05, 3.63) is 96.1 Å². The van der Waals surface area contributed by atoms with Gasteiger partial charge in [-0.15, -0.1) is 0 Å². The molecule has 174 valence electrons. The number of nitrogens with zero attached hydrogens (tertiary/aromatic N) is 1. The Hall–Kier alpha value is -4.03. The Bertz CT molecular complexity index is 1560. The molecule has 1 heterocycles. The highest BCUT2D eigenvalue weighted by atomic mass is 32.1. The van der Waals surface area contributed by atoms with E-state index in [1.54, 1.807) is 6.07 Å². The Kier molecular flexibility index (Phi) is 6.29. The quantitative estimate of drug-likeness (QED) is 0.259. The minimum atomic E-state index is -0.263. The summed E-state index contributed by atoms with van der Waals surface area (Å²) in [7, 11) is 0. The van der Waals surface area contributed by atoms with E-state index in [0.717, 1.165) is 39.5 Å². The van der Waals surface area contributed by atoms with E-state index in [1.807, 2.05) is 66.7 Å². The van der Waals surface area contributed by atoms with Crippen molar-refractivity contribution in [1.29, 1.82) is 0 Å². The number of nitrogens with one attached hydrogen (secondary N) is 2. The number of amides is 1. The molecule has 0 bridgehead atoms. The second-order valence-electron chi connectivity index (χ2n) is 8.61. The third-order valence-corrected chi connectivity index (χ3v) is 6.40. The van der Waals surface area contributed by atoms with Crippen molar-refractivity contribution in [1.82, 2.24) is 10.3 Å². The van der Waals surface area contributed by atoms with Gasteiger partial charge >= 0.3 is 0 Å². The molecule has 35 heavy (non-hydrogen) atoms. The maximum absolute atomic E-state index is 12.7. The number of benzene rings is 4. The summed E-state index contributed by atoms with van der Waals surface area (Å²) in [4.78, 5) is 17.4. The Balaban J connectivity index is 1.30. The average Bonchev–Trinajstić information content (AvgIpc) is 3.31.